The van der Waals surface area contributed by atoms with Crippen LogP contribution in [-0.2, 0) is 5.41 Å². The third-order valence-electron chi connectivity index (χ3n) is 13.7. The standard InChI is InChI=1S/C63H41NO/c1-4-20-43(21-5-1)49-27-15-17-32-58(49)64(48-37-38-52-51-29-14-16-31-56(51)63(57(52)40-48,46-23-6-2-7-24-46)47-25-8-3-9-26-47)59-33-18-34-60-61(59)55-41-54(50-28-12-13-30-53(50)62(55)65-60)45-36-35-42-19-10-11-22-44(42)39-45/h1-41H. The summed E-state index contributed by atoms with van der Waals surface area (Å²) >= 11 is 0. The maximum Gasteiger partial charge on any atom is 0.143 e. The van der Waals surface area contributed by atoms with Crippen molar-refractivity contribution in [3.63, 3.8) is 0 Å². The molecule has 0 aliphatic heterocycles. The van der Waals surface area contributed by atoms with E-state index in [0.717, 1.165) is 55.5 Å². The number of nitrogens with zero attached hydrogens (tertiary/aromatic N) is 1. The second kappa shape index (κ2) is 14.8. The average molecular weight is 828 g/mol. The number of para-hydroxylation sites is 1. The van der Waals surface area contributed by atoms with Gasteiger partial charge in [0.15, 0.2) is 0 Å². The van der Waals surface area contributed by atoms with E-state index in [-0.39, 0.29) is 0 Å². The summed E-state index contributed by atoms with van der Waals surface area (Å²) in [7, 11) is 0. The van der Waals surface area contributed by atoms with Crippen LogP contribution in [0, 0.1) is 0 Å². The molecule has 12 aromatic rings. The van der Waals surface area contributed by atoms with Gasteiger partial charge in [0.2, 0.25) is 0 Å². The molecule has 2 heteroatoms. The third kappa shape index (κ3) is 5.67. The highest BCUT2D eigenvalue weighted by Crippen LogP contribution is 2.58. The minimum absolute atomic E-state index is 0.558. The van der Waals surface area contributed by atoms with Crippen molar-refractivity contribution in [3.05, 3.63) is 271 Å². The first-order valence-electron chi connectivity index (χ1n) is 22.4. The van der Waals surface area contributed by atoms with Crippen LogP contribution in [0.2, 0.25) is 0 Å². The summed E-state index contributed by atoms with van der Waals surface area (Å²) in [6.45, 7) is 0. The third-order valence-corrected chi connectivity index (χ3v) is 13.7. The van der Waals surface area contributed by atoms with E-state index in [0.29, 0.717) is 0 Å². The van der Waals surface area contributed by atoms with Gasteiger partial charge < -0.3 is 9.32 Å². The molecule has 1 aliphatic rings. The van der Waals surface area contributed by atoms with Crippen molar-refractivity contribution in [2.24, 2.45) is 0 Å². The average Bonchev–Trinajstić information content (AvgIpc) is 3.91. The minimum atomic E-state index is -0.558. The predicted octanol–water partition coefficient (Wildman–Crippen LogP) is 17.1. The van der Waals surface area contributed by atoms with Crippen LogP contribution < -0.4 is 4.90 Å². The highest BCUT2D eigenvalue weighted by molar-refractivity contribution is 6.23. The van der Waals surface area contributed by atoms with Gasteiger partial charge in [-0.05, 0) is 109 Å². The Morgan fingerprint density at radius 3 is 1.74 bits per heavy atom. The second-order valence-corrected chi connectivity index (χ2v) is 17.1. The van der Waals surface area contributed by atoms with Gasteiger partial charge in [0.25, 0.3) is 0 Å². The van der Waals surface area contributed by atoms with E-state index in [1.165, 1.54) is 60.7 Å². The normalized spacial score (nSPS) is 12.7. The zero-order valence-corrected chi connectivity index (χ0v) is 35.5. The zero-order chi connectivity index (χ0) is 42.9. The van der Waals surface area contributed by atoms with Crippen LogP contribution in [0.5, 0.6) is 0 Å². The fraction of sp³-hybridized carbons (Fsp3) is 0.0159. The lowest BCUT2D eigenvalue weighted by molar-refractivity contribution is 0.672. The maximum atomic E-state index is 7.04. The Kier molecular flexibility index (Phi) is 8.47. The molecule has 1 aromatic heterocycles. The molecule has 1 aliphatic carbocycles. The van der Waals surface area contributed by atoms with Crippen molar-refractivity contribution in [2.45, 2.75) is 5.41 Å². The van der Waals surface area contributed by atoms with E-state index in [1.54, 1.807) is 0 Å². The largest absolute Gasteiger partial charge is 0.455 e. The number of fused-ring (bicyclic) bond motifs is 9. The quantitative estimate of drug-likeness (QED) is 0.159. The molecule has 13 rings (SSSR count). The van der Waals surface area contributed by atoms with Crippen molar-refractivity contribution < 1.29 is 4.42 Å². The Morgan fingerprint density at radius 1 is 0.338 bits per heavy atom. The van der Waals surface area contributed by atoms with E-state index in [2.05, 4.69) is 254 Å². The molecule has 1 heterocycles. The number of hydrogen-bond acceptors (Lipinski definition) is 2. The lowest BCUT2D eigenvalue weighted by Gasteiger charge is -2.35. The van der Waals surface area contributed by atoms with Gasteiger partial charge >= 0.3 is 0 Å². The summed E-state index contributed by atoms with van der Waals surface area (Å²) in [6, 6.07) is 90.8. The van der Waals surface area contributed by atoms with Crippen LogP contribution >= 0.6 is 0 Å². The first kappa shape index (κ1) is 37.1. The molecule has 0 saturated heterocycles. The van der Waals surface area contributed by atoms with Gasteiger partial charge in [-0.25, -0.2) is 0 Å². The summed E-state index contributed by atoms with van der Waals surface area (Å²) in [5.41, 5.74) is 16.5. The van der Waals surface area contributed by atoms with E-state index in [4.69, 9.17) is 4.42 Å². The molecule has 0 fully saturated rings. The molecule has 0 N–H and O–H groups in total. The smallest absolute Gasteiger partial charge is 0.143 e. The molecule has 304 valence electrons. The first-order chi connectivity index (χ1) is 32.3. The molecule has 0 unspecified atom stereocenters. The maximum absolute atomic E-state index is 7.04. The van der Waals surface area contributed by atoms with E-state index in [1.807, 2.05) is 0 Å². The molecular weight excluding hydrogens is 787 g/mol. The molecule has 0 amide bonds. The van der Waals surface area contributed by atoms with Crippen molar-refractivity contribution >= 4 is 60.5 Å². The SMILES string of the molecule is c1ccc(-c2ccccc2N(c2ccc3c(c2)C(c2ccccc2)(c2ccccc2)c2ccccc2-3)c2cccc3oc4c5ccccc5c(-c5ccc6ccccc6c5)cc4c23)cc1. The molecule has 0 saturated carbocycles. The van der Waals surface area contributed by atoms with Gasteiger partial charge in [-0.15, -0.1) is 0 Å². The Hall–Kier alpha value is -8.46. The monoisotopic (exact) mass is 827 g/mol. The minimum Gasteiger partial charge on any atom is -0.455 e. The highest BCUT2D eigenvalue weighted by atomic mass is 16.3. The van der Waals surface area contributed by atoms with Gasteiger partial charge in [-0.2, -0.15) is 0 Å². The predicted molar refractivity (Wildman–Crippen MR) is 272 cm³/mol. The highest BCUT2D eigenvalue weighted by Gasteiger charge is 2.46. The Bertz CT molecular complexity index is 3730. The zero-order valence-electron chi connectivity index (χ0n) is 35.5. The Morgan fingerprint density at radius 2 is 0.954 bits per heavy atom. The van der Waals surface area contributed by atoms with E-state index >= 15 is 0 Å². The fourth-order valence-electron chi connectivity index (χ4n) is 10.9. The number of anilines is 3. The summed E-state index contributed by atoms with van der Waals surface area (Å²) in [5.74, 6) is 0. The molecule has 65 heavy (non-hydrogen) atoms. The number of hydrogen-bond donors (Lipinski definition) is 0. The van der Waals surface area contributed by atoms with Crippen LogP contribution in [0.15, 0.2) is 253 Å². The number of rotatable bonds is 7. The van der Waals surface area contributed by atoms with Gasteiger partial charge in [0.1, 0.15) is 11.2 Å². The lowest BCUT2D eigenvalue weighted by Crippen LogP contribution is -2.28. The molecule has 0 spiro atoms. The van der Waals surface area contributed by atoms with Crippen LogP contribution in [-0.4, -0.2) is 0 Å². The van der Waals surface area contributed by atoms with Crippen LogP contribution in [0.3, 0.4) is 0 Å². The number of benzene rings is 11. The molecule has 11 aromatic carbocycles. The van der Waals surface area contributed by atoms with Crippen LogP contribution in [0.1, 0.15) is 22.3 Å². The topological polar surface area (TPSA) is 16.4 Å². The van der Waals surface area contributed by atoms with Crippen molar-refractivity contribution in [2.75, 3.05) is 4.90 Å². The Labute approximate surface area is 377 Å². The van der Waals surface area contributed by atoms with Gasteiger partial charge in [0.05, 0.1) is 22.2 Å². The molecular formula is C63H41NO. The van der Waals surface area contributed by atoms with Crippen LogP contribution in [0.25, 0.3) is 76.9 Å². The van der Waals surface area contributed by atoms with Crippen molar-refractivity contribution in [1.29, 1.82) is 0 Å². The molecule has 2 nitrogen and oxygen atoms in total. The van der Waals surface area contributed by atoms with E-state index in [9.17, 15) is 0 Å². The van der Waals surface area contributed by atoms with Crippen LogP contribution in [0.4, 0.5) is 17.1 Å². The molecule has 0 bridgehead atoms. The summed E-state index contributed by atoms with van der Waals surface area (Å²) in [4.78, 5) is 2.48. The summed E-state index contributed by atoms with van der Waals surface area (Å²) < 4.78 is 7.04. The summed E-state index contributed by atoms with van der Waals surface area (Å²) in [5, 5.41) is 6.86. The van der Waals surface area contributed by atoms with Gasteiger partial charge in [-0.3, -0.25) is 0 Å². The van der Waals surface area contributed by atoms with Gasteiger partial charge in [0, 0.05) is 22.0 Å². The van der Waals surface area contributed by atoms with Crippen molar-refractivity contribution in [3.8, 4) is 33.4 Å². The lowest BCUT2D eigenvalue weighted by atomic mass is 9.67. The Balaban J connectivity index is 1.13. The first-order valence-corrected chi connectivity index (χ1v) is 22.4. The number of furan rings is 1. The molecule has 0 atom stereocenters. The summed E-state index contributed by atoms with van der Waals surface area (Å²) in [6.07, 6.45) is 0. The van der Waals surface area contributed by atoms with E-state index < -0.39 is 5.41 Å². The van der Waals surface area contributed by atoms with Crippen molar-refractivity contribution in [1.82, 2.24) is 0 Å². The molecule has 0 radical (unpaired) electrons. The van der Waals surface area contributed by atoms with Gasteiger partial charge in [-0.1, -0.05) is 206 Å². The second-order valence-electron chi connectivity index (χ2n) is 17.1. The fourth-order valence-corrected chi connectivity index (χ4v) is 10.9.